The summed E-state index contributed by atoms with van der Waals surface area (Å²) in [7, 11) is 0. The summed E-state index contributed by atoms with van der Waals surface area (Å²) in [5.41, 5.74) is 13.2. The van der Waals surface area contributed by atoms with Gasteiger partial charge in [0.2, 0.25) is 0 Å². The number of hydrogen-bond acceptors (Lipinski definition) is 5. The largest absolute Gasteiger partial charge is 0.261 e. The first kappa shape index (κ1) is 32.9. The highest BCUT2D eigenvalue weighted by Crippen LogP contribution is 2.35. The molecule has 0 spiro atoms. The molecule has 2 heterocycles. The molecule has 7 aromatic rings. The molecule has 51 heavy (non-hydrogen) atoms. The maximum Gasteiger partial charge on any atom is 0.164 e. The molecule has 5 aromatic carbocycles. The van der Waals surface area contributed by atoms with Gasteiger partial charge in [0.15, 0.2) is 17.5 Å². The monoisotopic (exact) mass is 659 g/mol. The SMILES string of the molecule is C=C/C=C(\N=CC)c1ccc(-c2cc(-c3ccc(-c4ccccn4)cc3)cc(-c3nc(-c4ccc(C)cc4)nc(-c4ccc(C)cc4)n3)c2)cc1. The van der Waals surface area contributed by atoms with Gasteiger partial charge < -0.3 is 0 Å². The van der Waals surface area contributed by atoms with E-state index in [1.54, 1.807) is 12.3 Å². The molecule has 0 amide bonds. The number of nitrogens with zero attached hydrogens (tertiary/aromatic N) is 5. The predicted molar refractivity (Wildman–Crippen MR) is 212 cm³/mol. The minimum Gasteiger partial charge on any atom is -0.261 e. The first-order valence-corrected chi connectivity index (χ1v) is 17.0. The van der Waals surface area contributed by atoms with Crippen LogP contribution in [0.5, 0.6) is 0 Å². The molecule has 0 saturated heterocycles. The molecule has 0 saturated carbocycles. The molecule has 2 aromatic heterocycles. The van der Waals surface area contributed by atoms with Gasteiger partial charge in [-0.15, -0.1) is 0 Å². The zero-order valence-electron chi connectivity index (χ0n) is 29.0. The van der Waals surface area contributed by atoms with Crippen LogP contribution in [0.15, 0.2) is 163 Å². The quantitative estimate of drug-likeness (QED) is 0.114. The van der Waals surface area contributed by atoms with E-state index < -0.39 is 0 Å². The first-order chi connectivity index (χ1) is 25.0. The van der Waals surface area contributed by atoms with Crippen molar-refractivity contribution in [3.8, 4) is 67.7 Å². The number of pyridine rings is 1. The maximum atomic E-state index is 5.09. The van der Waals surface area contributed by atoms with E-state index in [2.05, 4.69) is 146 Å². The molecule has 0 unspecified atom stereocenters. The lowest BCUT2D eigenvalue weighted by molar-refractivity contribution is 1.07. The van der Waals surface area contributed by atoms with Gasteiger partial charge >= 0.3 is 0 Å². The van der Waals surface area contributed by atoms with Gasteiger partial charge in [0.25, 0.3) is 0 Å². The van der Waals surface area contributed by atoms with E-state index in [1.807, 2.05) is 37.4 Å². The van der Waals surface area contributed by atoms with Gasteiger partial charge in [-0.1, -0.05) is 127 Å². The van der Waals surface area contributed by atoms with Crippen LogP contribution < -0.4 is 0 Å². The summed E-state index contributed by atoms with van der Waals surface area (Å²) in [5, 5.41) is 0. The van der Waals surface area contributed by atoms with Crippen molar-refractivity contribution in [2.24, 2.45) is 4.99 Å². The molecule has 246 valence electrons. The van der Waals surface area contributed by atoms with Crippen LogP contribution in [0.25, 0.3) is 73.4 Å². The molecule has 5 heteroatoms. The number of allylic oxidation sites excluding steroid dienone is 2. The minimum absolute atomic E-state index is 0.606. The van der Waals surface area contributed by atoms with E-state index in [1.165, 1.54) is 11.1 Å². The van der Waals surface area contributed by atoms with Gasteiger partial charge in [0.1, 0.15) is 0 Å². The van der Waals surface area contributed by atoms with Crippen molar-refractivity contribution in [1.29, 1.82) is 0 Å². The first-order valence-electron chi connectivity index (χ1n) is 17.0. The molecule has 0 bridgehead atoms. The Morgan fingerprint density at radius 1 is 0.529 bits per heavy atom. The highest BCUT2D eigenvalue weighted by Gasteiger charge is 2.15. The van der Waals surface area contributed by atoms with Crippen molar-refractivity contribution in [2.45, 2.75) is 20.8 Å². The molecular formula is C46H37N5. The van der Waals surface area contributed by atoms with Crippen LogP contribution in [-0.4, -0.2) is 26.2 Å². The summed E-state index contributed by atoms with van der Waals surface area (Å²) in [6, 6.07) is 46.1. The molecule has 0 aliphatic rings. The molecule has 7 rings (SSSR count). The Kier molecular flexibility index (Phi) is 9.62. The second-order valence-electron chi connectivity index (χ2n) is 12.4. The van der Waals surface area contributed by atoms with Crippen molar-refractivity contribution < 1.29 is 0 Å². The second kappa shape index (κ2) is 14.9. The Balaban J connectivity index is 1.39. The zero-order valence-corrected chi connectivity index (χ0v) is 29.0. The Bertz CT molecular complexity index is 2290. The van der Waals surface area contributed by atoms with Gasteiger partial charge in [-0.25, -0.2) is 15.0 Å². The molecule has 0 N–H and O–H groups in total. The normalized spacial score (nSPS) is 11.5. The highest BCUT2D eigenvalue weighted by atomic mass is 15.0. The summed E-state index contributed by atoms with van der Waals surface area (Å²) in [5.74, 6) is 1.86. The molecular weight excluding hydrogens is 623 g/mol. The lowest BCUT2D eigenvalue weighted by Gasteiger charge is -2.13. The summed E-state index contributed by atoms with van der Waals surface area (Å²) >= 11 is 0. The van der Waals surface area contributed by atoms with Crippen molar-refractivity contribution in [3.63, 3.8) is 0 Å². The Morgan fingerprint density at radius 3 is 1.49 bits per heavy atom. The van der Waals surface area contributed by atoms with Gasteiger partial charge in [-0.3, -0.25) is 9.98 Å². The van der Waals surface area contributed by atoms with Crippen LogP contribution in [0.3, 0.4) is 0 Å². The summed E-state index contributed by atoms with van der Waals surface area (Å²) in [6.45, 7) is 9.93. The van der Waals surface area contributed by atoms with Crippen molar-refractivity contribution >= 4 is 11.9 Å². The van der Waals surface area contributed by atoms with E-state index in [4.69, 9.17) is 15.0 Å². The number of rotatable bonds is 9. The third kappa shape index (κ3) is 7.53. The maximum absolute atomic E-state index is 5.09. The number of hydrogen-bond donors (Lipinski definition) is 0. The molecule has 0 aliphatic heterocycles. The lowest BCUT2D eigenvalue weighted by atomic mass is 9.94. The molecule has 0 aliphatic carbocycles. The van der Waals surface area contributed by atoms with Crippen LogP contribution in [0.4, 0.5) is 0 Å². The average Bonchev–Trinajstić information content (AvgIpc) is 3.18. The average molecular weight is 660 g/mol. The summed E-state index contributed by atoms with van der Waals surface area (Å²) in [4.78, 5) is 24.2. The van der Waals surface area contributed by atoms with Crippen LogP contribution >= 0.6 is 0 Å². The van der Waals surface area contributed by atoms with Crippen LogP contribution in [0.1, 0.15) is 23.6 Å². The van der Waals surface area contributed by atoms with Gasteiger partial charge in [-0.05, 0) is 79.4 Å². The smallest absolute Gasteiger partial charge is 0.164 e. The van der Waals surface area contributed by atoms with Crippen molar-refractivity contribution in [3.05, 3.63) is 175 Å². The molecule has 0 fully saturated rings. The zero-order chi connectivity index (χ0) is 35.2. The summed E-state index contributed by atoms with van der Waals surface area (Å²) in [6.07, 6.45) is 7.29. The van der Waals surface area contributed by atoms with Gasteiger partial charge in [-0.2, -0.15) is 0 Å². The fraction of sp³-hybridized carbons (Fsp3) is 0.0652. The van der Waals surface area contributed by atoms with Crippen LogP contribution in [0, 0.1) is 13.8 Å². The van der Waals surface area contributed by atoms with Gasteiger partial charge in [0, 0.05) is 40.2 Å². The van der Waals surface area contributed by atoms with Gasteiger partial charge in [0.05, 0.1) is 11.4 Å². The van der Waals surface area contributed by atoms with E-state index in [0.29, 0.717) is 17.5 Å². The number of benzene rings is 5. The third-order valence-electron chi connectivity index (χ3n) is 8.68. The summed E-state index contributed by atoms with van der Waals surface area (Å²) < 4.78 is 0. The van der Waals surface area contributed by atoms with Crippen molar-refractivity contribution in [1.82, 2.24) is 19.9 Å². The second-order valence-corrected chi connectivity index (χ2v) is 12.4. The number of aryl methyl sites for hydroxylation is 2. The molecule has 0 atom stereocenters. The minimum atomic E-state index is 0.606. The van der Waals surface area contributed by atoms with Crippen LogP contribution in [0.2, 0.25) is 0 Å². The number of aromatic nitrogens is 4. The fourth-order valence-electron chi connectivity index (χ4n) is 5.92. The highest BCUT2D eigenvalue weighted by molar-refractivity contribution is 5.82. The Hall–Kier alpha value is -6.59. The van der Waals surface area contributed by atoms with E-state index in [0.717, 1.165) is 61.5 Å². The molecule has 0 radical (unpaired) electrons. The number of aliphatic imine (C=N–C) groups is 1. The topological polar surface area (TPSA) is 63.9 Å². The molecule has 5 nitrogen and oxygen atoms in total. The third-order valence-corrected chi connectivity index (χ3v) is 8.68. The van der Waals surface area contributed by atoms with Crippen molar-refractivity contribution in [2.75, 3.05) is 0 Å². The van der Waals surface area contributed by atoms with E-state index in [-0.39, 0.29) is 0 Å². The van der Waals surface area contributed by atoms with E-state index >= 15 is 0 Å². The Morgan fingerprint density at radius 2 is 1.00 bits per heavy atom. The Labute approximate surface area is 299 Å². The van der Waals surface area contributed by atoms with Crippen LogP contribution in [-0.2, 0) is 0 Å². The predicted octanol–water partition coefficient (Wildman–Crippen LogP) is 11.5. The fourth-order valence-corrected chi connectivity index (χ4v) is 5.92. The standard InChI is InChI=1S/C46H37N5/c1-5-9-42(47-6-2)35-23-19-33(20-24-35)39-28-40(34-21-25-36(26-22-34)43-10-7-8-27-48-43)30-41(29-39)46-50-44(37-15-11-31(3)12-16-37)49-45(51-46)38-17-13-32(4)14-18-38/h5-30H,1H2,2-4H3/b42-9-,47-6?. The lowest BCUT2D eigenvalue weighted by Crippen LogP contribution is -2.00. The van der Waals surface area contributed by atoms with E-state index in [9.17, 15) is 0 Å².